The third-order valence-electron chi connectivity index (χ3n) is 2.87. The molecular weight excluding hydrogens is 290 g/mol. The van der Waals surface area contributed by atoms with Gasteiger partial charge in [0.25, 0.3) is 5.91 Å². The zero-order chi connectivity index (χ0) is 15.4. The van der Waals surface area contributed by atoms with Crippen LogP contribution in [0.15, 0.2) is 16.5 Å². The number of carbonyl (C=O) groups excluding carboxylic acids is 1. The van der Waals surface area contributed by atoms with Gasteiger partial charge in [-0.2, -0.15) is 0 Å². The van der Waals surface area contributed by atoms with Gasteiger partial charge in [-0.3, -0.25) is 4.79 Å². The molecule has 0 saturated heterocycles. The molecule has 0 bridgehead atoms. The maximum absolute atomic E-state index is 12.2. The van der Waals surface area contributed by atoms with Crippen molar-refractivity contribution < 1.29 is 13.9 Å². The lowest BCUT2D eigenvalue weighted by molar-refractivity contribution is 0.0881. The first-order chi connectivity index (χ1) is 10.0. The van der Waals surface area contributed by atoms with Gasteiger partial charge >= 0.3 is 0 Å². The first kappa shape index (κ1) is 15.7. The maximum atomic E-state index is 12.2. The molecule has 2 aromatic heterocycles. The Morgan fingerprint density at radius 1 is 1.43 bits per heavy atom. The summed E-state index contributed by atoms with van der Waals surface area (Å²) >= 11 is 1.30. The van der Waals surface area contributed by atoms with E-state index in [1.807, 2.05) is 32.9 Å². The summed E-state index contributed by atoms with van der Waals surface area (Å²) in [6.45, 7) is 6.21. The number of aromatic nitrogens is 2. The SMILES string of the molecule is COC[C@@H](NC(=O)c1nnc(C(C)C)s1)c1ccc(C)o1. The zero-order valence-electron chi connectivity index (χ0n) is 12.5. The van der Waals surface area contributed by atoms with E-state index in [4.69, 9.17) is 9.15 Å². The fourth-order valence-corrected chi connectivity index (χ4v) is 2.53. The Bertz CT molecular complexity index is 606. The van der Waals surface area contributed by atoms with Crippen LogP contribution in [0.5, 0.6) is 0 Å². The van der Waals surface area contributed by atoms with Crippen molar-refractivity contribution in [1.29, 1.82) is 0 Å². The molecule has 2 aromatic rings. The molecule has 0 aliphatic heterocycles. The molecule has 6 nitrogen and oxygen atoms in total. The Hall–Kier alpha value is -1.73. The van der Waals surface area contributed by atoms with E-state index in [1.54, 1.807) is 7.11 Å². The number of hydrogen-bond donors (Lipinski definition) is 1. The van der Waals surface area contributed by atoms with Crippen molar-refractivity contribution in [1.82, 2.24) is 15.5 Å². The summed E-state index contributed by atoms with van der Waals surface area (Å²) < 4.78 is 10.7. The van der Waals surface area contributed by atoms with E-state index in [9.17, 15) is 4.79 Å². The molecule has 0 aliphatic rings. The first-order valence-electron chi connectivity index (χ1n) is 6.70. The highest BCUT2D eigenvalue weighted by Gasteiger charge is 2.21. The van der Waals surface area contributed by atoms with Crippen LogP contribution in [0.2, 0.25) is 0 Å². The number of ether oxygens (including phenoxy) is 1. The molecule has 0 aromatic carbocycles. The minimum absolute atomic E-state index is 0.256. The van der Waals surface area contributed by atoms with Crippen LogP contribution in [0, 0.1) is 6.92 Å². The third kappa shape index (κ3) is 3.89. The van der Waals surface area contributed by atoms with Gasteiger partial charge in [-0.05, 0) is 19.1 Å². The molecule has 1 N–H and O–H groups in total. The van der Waals surface area contributed by atoms with Gasteiger partial charge in [-0.25, -0.2) is 0 Å². The molecule has 21 heavy (non-hydrogen) atoms. The van der Waals surface area contributed by atoms with Crippen molar-refractivity contribution in [3.63, 3.8) is 0 Å². The van der Waals surface area contributed by atoms with Crippen molar-refractivity contribution in [2.75, 3.05) is 13.7 Å². The quantitative estimate of drug-likeness (QED) is 0.887. The van der Waals surface area contributed by atoms with Crippen LogP contribution in [-0.2, 0) is 4.74 Å². The van der Waals surface area contributed by atoms with E-state index < -0.39 is 0 Å². The summed E-state index contributed by atoms with van der Waals surface area (Å²) in [5.74, 6) is 1.44. The molecule has 0 spiro atoms. The summed E-state index contributed by atoms with van der Waals surface area (Å²) in [6, 6.07) is 3.34. The minimum Gasteiger partial charge on any atom is -0.464 e. The lowest BCUT2D eigenvalue weighted by atomic mass is 10.2. The van der Waals surface area contributed by atoms with E-state index in [1.165, 1.54) is 11.3 Å². The number of carbonyl (C=O) groups is 1. The third-order valence-corrected chi connectivity index (χ3v) is 4.09. The Morgan fingerprint density at radius 2 is 2.19 bits per heavy atom. The zero-order valence-corrected chi connectivity index (χ0v) is 13.4. The molecule has 2 rings (SSSR count). The molecule has 7 heteroatoms. The number of nitrogens with zero attached hydrogens (tertiary/aromatic N) is 2. The number of rotatable bonds is 6. The van der Waals surface area contributed by atoms with Gasteiger partial charge < -0.3 is 14.5 Å². The van der Waals surface area contributed by atoms with Crippen LogP contribution >= 0.6 is 11.3 Å². The van der Waals surface area contributed by atoms with Crippen LogP contribution in [0.3, 0.4) is 0 Å². The number of amides is 1. The van der Waals surface area contributed by atoms with Crippen molar-refractivity contribution in [2.45, 2.75) is 32.7 Å². The average Bonchev–Trinajstić information content (AvgIpc) is 3.06. The predicted molar refractivity (Wildman–Crippen MR) is 79.5 cm³/mol. The monoisotopic (exact) mass is 309 g/mol. The molecule has 1 amide bonds. The first-order valence-corrected chi connectivity index (χ1v) is 7.52. The van der Waals surface area contributed by atoms with Crippen LogP contribution in [0.4, 0.5) is 0 Å². The molecule has 0 aliphatic carbocycles. The highest BCUT2D eigenvalue weighted by Crippen LogP contribution is 2.21. The number of nitrogens with one attached hydrogen (secondary N) is 1. The Kier molecular flexibility index (Phi) is 5.08. The fourth-order valence-electron chi connectivity index (χ4n) is 1.78. The van der Waals surface area contributed by atoms with Crippen molar-refractivity contribution >= 4 is 17.2 Å². The van der Waals surface area contributed by atoms with Gasteiger partial charge in [0.2, 0.25) is 5.01 Å². The van der Waals surface area contributed by atoms with E-state index in [2.05, 4.69) is 15.5 Å². The van der Waals surface area contributed by atoms with E-state index in [0.717, 1.165) is 10.8 Å². The summed E-state index contributed by atoms with van der Waals surface area (Å²) in [7, 11) is 1.58. The second kappa shape index (κ2) is 6.82. The second-order valence-electron chi connectivity index (χ2n) is 5.03. The summed E-state index contributed by atoms with van der Waals surface area (Å²) in [5, 5.41) is 12.0. The Labute approximate surface area is 127 Å². The minimum atomic E-state index is -0.345. The predicted octanol–water partition coefficient (Wildman–Crippen LogP) is 2.68. The number of furan rings is 1. The van der Waals surface area contributed by atoms with Crippen molar-refractivity contribution in [2.24, 2.45) is 0 Å². The lowest BCUT2D eigenvalue weighted by Gasteiger charge is -2.14. The Morgan fingerprint density at radius 3 is 2.71 bits per heavy atom. The molecule has 0 fully saturated rings. The highest BCUT2D eigenvalue weighted by atomic mass is 32.1. The van der Waals surface area contributed by atoms with Crippen LogP contribution in [-0.4, -0.2) is 29.8 Å². The maximum Gasteiger partial charge on any atom is 0.282 e. The highest BCUT2D eigenvalue weighted by molar-refractivity contribution is 7.13. The normalized spacial score (nSPS) is 12.6. The summed E-state index contributed by atoms with van der Waals surface area (Å²) in [4.78, 5) is 12.2. The Balaban J connectivity index is 2.10. The van der Waals surface area contributed by atoms with Crippen molar-refractivity contribution in [3.8, 4) is 0 Å². The lowest BCUT2D eigenvalue weighted by Crippen LogP contribution is -2.31. The van der Waals surface area contributed by atoms with Crippen LogP contribution in [0.25, 0.3) is 0 Å². The molecule has 2 heterocycles. The van der Waals surface area contributed by atoms with E-state index in [-0.39, 0.29) is 17.9 Å². The molecule has 114 valence electrons. The number of aryl methyl sites for hydroxylation is 1. The second-order valence-corrected chi connectivity index (χ2v) is 6.04. The average molecular weight is 309 g/mol. The van der Waals surface area contributed by atoms with E-state index >= 15 is 0 Å². The molecule has 0 radical (unpaired) electrons. The van der Waals surface area contributed by atoms with E-state index in [0.29, 0.717) is 17.4 Å². The summed E-state index contributed by atoms with van der Waals surface area (Å²) in [5.41, 5.74) is 0. The van der Waals surface area contributed by atoms with Gasteiger partial charge in [0, 0.05) is 13.0 Å². The smallest absolute Gasteiger partial charge is 0.282 e. The van der Waals surface area contributed by atoms with Gasteiger partial charge in [0.05, 0.1) is 6.61 Å². The fraction of sp³-hybridized carbons (Fsp3) is 0.500. The van der Waals surface area contributed by atoms with Crippen LogP contribution in [0.1, 0.15) is 52.1 Å². The standard InChI is InChI=1S/C14H19N3O3S/c1-8(2)13-16-17-14(21-13)12(18)15-10(7-19-4)11-6-5-9(3)20-11/h5-6,8,10H,7H2,1-4H3,(H,15,18)/t10-/m1/s1. The molecule has 0 unspecified atom stereocenters. The molecule has 0 saturated carbocycles. The van der Waals surface area contributed by atoms with Crippen molar-refractivity contribution in [3.05, 3.63) is 33.7 Å². The van der Waals surface area contributed by atoms with Gasteiger partial charge in [0.15, 0.2) is 0 Å². The van der Waals surface area contributed by atoms with Gasteiger partial charge in [-0.1, -0.05) is 25.2 Å². The van der Waals surface area contributed by atoms with Gasteiger partial charge in [0.1, 0.15) is 22.6 Å². The summed E-state index contributed by atoms with van der Waals surface area (Å²) in [6.07, 6.45) is 0. The van der Waals surface area contributed by atoms with Crippen LogP contribution < -0.4 is 5.32 Å². The molecule has 1 atom stereocenters. The largest absolute Gasteiger partial charge is 0.464 e. The van der Waals surface area contributed by atoms with Gasteiger partial charge in [-0.15, -0.1) is 10.2 Å². The molecular formula is C14H19N3O3S. The number of hydrogen-bond acceptors (Lipinski definition) is 6. The number of methoxy groups -OCH3 is 1. The topological polar surface area (TPSA) is 77.2 Å².